The standard InChI is InChI=1S/4C6H5.2C5H14P2.2Pt/c4*1-2-4-6-5-3-1;2*1-6(2)5-7(3)4;;/h4*1-5H;2*5H2,1-4H3;;/q4*-1;;;2*+2/p+4. The molecule has 4 rings (SSSR count). The predicted octanol–water partition coefficient (Wildman–Crippen LogP) is 9.73. The summed E-state index contributed by atoms with van der Waals surface area (Å²) in [5.41, 5.74) is 0. The zero-order valence-electron chi connectivity index (χ0n) is 25.6. The number of benzene rings is 4. The van der Waals surface area contributed by atoms with Crippen LogP contribution in [0.1, 0.15) is 0 Å². The molecule has 4 aromatic rings. The molecule has 0 aliphatic carbocycles. The van der Waals surface area contributed by atoms with Crippen molar-refractivity contribution in [1.82, 2.24) is 0 Å². The van der Waals surface area contributed by atoms with Gasteiger partial charge in [-0.05, 0) is 0 Å². The van der Waals surface area contributed by atoms with E-state index in [4.69, 9.17) is 0 Å². The molecule has 0 unspecified atom stereocenters. The average molecular weight is 975 g/mol. The summed E-state index contributed by atoms with van der Waals surface area (Å²) in [6.45, 7) is 19.1. The van der Waals surface area contributed by atoms with Crippen LogP contribution in [0.3, 0.4) is 0 Å². The second-order valence-electron chi connectivity index (χ2n) is 9.49. The molecule has 0 fully saturated rings. The molecule has 4 aromatic carbocycles. The van der Waals surface area contributed by atoms with E-state index >= 15 is 0 Å². The minimum Gasteiger partial charge on any atom is -0.184 e. The van der Waals surface area contributed by atoms with E-state index in [1.165, 1.54) is 0 Å². The van der Waals surface area contributed by atoms with Crippen molar-refractivity contribution in [3.05, 3.63) is 146 Å². The maximum absolute atomic E-state index is 2.89. The van der Waals surface area contributed by atoms with E-state index in [-0.39, 0.29) is 73.8 Å². The van der Waals surface area contributed by atoms with Crippen LogP contribution in [0.15, 0.2) is 121 Å². The second kappa shape index (κ2) is 39.0. The zero-order chi connectivity index (χ0) is 28.7. The summed E-state index contributed by atoms with van der Waals surface area (Å²) in [5, 5.41) is 0. The van der Waals surface area contributed by atoms with Crippen LogP contribution in [0.4, 0.5) is 0 Å². The smallest absolute Gasteiger partial charge is 0.184 e. The van der Waals surface area contributed by atoms with Crippen molar-refractivity contribution in [1.29, 1.82) is 0 Å². The fraction of sp³-hybridized carbons (Fsp3) is 0.294. The van der Waals surface area contributed by atoms with E-state index in [0.717, 1.165) is 0 Å². The maximum Gasteiger partial charge on any atom is 2.00 e. The Morgan fingerprint density at radius 2 is 0.450 bits per heavy atom. The molecule has 0 amide bonds. The Hall–Kier alpha value is -0.0234. The monoisotopic (exact) mass is 974 g/mol. The average Bonchev–Trinajstić information content (AvgIpc) is 2.93. The molecule has 0 heterocycles. The van der Waals surface area contributed by atoms with Crippen LogP contribution in [0.25, 0.3) is 0 Å². The molecule has 0 radical (unpaired) electrons. The topological polar surface area (TPSA) is 0 Å². The Labute approximate surface area is 282 Å². The molecule has 0 aliphatic rings. The second-order valence-corrected chi connectivity index (χ2v) is 22.0. The normalized spacial score (nSPS) is 8.70. The molecule has 0 nitrogen and oxygen atoms in total. The fourth-order valence-corrected chi connectivity index (χ4v) is 14.1. The van der Waals surface area contributed by atoms with Gasteiger partial charge in [-0.25, -0.2) is 0 Å². The first-order valence-corrected chi connectivity index (χ1v) is 23.9. The van der Waals surface area contributed by atoms with Gasteiger partial charge in [-0.2, -0.15) is 146 Å². The maximum atomic E-state index is 2.89. The molecule has 0 aromatic heterocycles. The molecular formula is C34H52P4Pt2+4. The fourth-order valence-electron chi connectivity index (χ4n) is 2.78. The van der Waals surface area contributed by atoms with Gasteiger partial charge in [-0.3, -0.25) is 0 Å². The summed E-state index contributed by atoms with van der Waals surface area (Å²) in [4.78, 5) is 0. The Bertz CT molecular complexity index is 622. The summed E-state index contributed by atoms with van der Waals surface area (Å²) in [7, 11) is 0.444. The molecule has 0 saturated heterocycles. The summed E-state index contributed by atoms with van der Waals surface area (Å²) in [6, 6.07) is 50.0. The van der Waals surface area contributed by atoms with Gasteiger partial charge in [-0.1, -0.05) is 0 Å². The van der Waals surface area contributed by atoms with Crippen molar-refractivity contribution < 1.29 is 42.1 Å². The first-order valence-electron chi connectivity index (χ1n) is 13.1. The van der Waals surface area contributed by atoms with Crippen molar-refractivity contribution in [3.8, 4) is 0 Å². The van der Waals surface area contributed by atoms with Gasteiger partial charge in [0.1, 0.15) is 0 Å². The summed E-state index contributed by atoms with van der Waals surface area (Å²) >= 11 is 0. The number of hydrogen-bond donors (Lipinski definition) is 0. The van der Waals surface area contributed by atoms with Crippen molar-refractivity contribution in [2.75, 3.05) is 65.1 Å². The number of hydrogen-bond acceptors (Lipinski definition) is 0. The molecule has 0 aliphatic heterocycles. The van der Waals surface area contributed by atoms with Crippen LogP contribution in [0.5, 0.6) is 0 Å². The summed E-state index contributed by atoms with van der Waals surface area (Å²) in [5.74, 6) is 3.13. The molecular weight excluding hydrogens is 922 g/mol. The van der Waals surface area contributed by atoms with E-state index in [0.29, 0.717) is 0 Å². The largest absolute Gasteiger partial charge is 2.00 e. The van der Waals surface area contributed by atoms with Crippen LogP contribution < -0.4 is 0 Å². The Morgan fingerprint density at radius 1 is 0.300 bits per heavy atom. The van der Waals surface area contributed by atoms with E-state index in [9.17, 15) is 0 Å². The first-order chi connectivity index (χ1) is 18.3. The third kappa shape index (κ3) is 50.8. The minimum absolute atomic E-state index is 0. The summed E-state index contributed by atoms with van der Waals surface area (Å²) < 4.78 is 0. The SMILES string of the molecule is C[PH+](C)C[PH+](C)C.C[PH+](C)C[PH+](C)C.[Pt+2].[Pt+2].[c-]1ccccc1.[c-]1ccccc1.[c-]1ccccc1.[c-]1ccccc1. The van der Waals surface area contributed by atoms with Crippen LogP contribution in [-0.4, -0.2) is 65.1 Å². The zero-order valence-corrected chi connectivity index (χ0v) is 34.1. The van der Waals surface area contributed by atoms with E-state index < -0.39 is 0 Å². The Kier molecular flexibility index (Phi) is 45.7. The van der Waals surface area contributed by atoms with Gasteiger partial charge in [0.2, 0.25) is 0 Å². The van der Waals surface area contributed by atoms with Crippen LogP contribution in [0, 0.1) is 24.3 Å². The first kappa shape index (κ1) is 46.9. The van der Waals surface area contributed by atoms with Crippen LogP contribution >= 0.6 is 31.7 Å². The van der Waals surface area contributed by atoms with Crippen molar-refractivity contribution in [3.63, 3.8) is 0 Å². The molecule has 0 atom stereocenters. The van der Waals surface area contributed by atoms with Gasteiger partial charge < -0.3 is 0 Å². The third-order valence-corrected chi connectivity index (χ3v) is 15.2. The predicted molar refractivity (Wildman–Crippen MR) is 191 cm³/mol. The van der Waals surface area contributed by atoms with Gasteiger partial charge in [-0.15, -0.1) is 0 Å². The minimum atomic E-state index is 0. The van der Waals surface area contributed by atoms with Crippen molar-refractivity contribution in [2.24, 2.45) is 0 Å². The van der Waals surface area contributed by atoms with E-state index in [1.807, 2.05) is 121 Å². The molecule has 0 bridgehead atoms. The Balaban J connectivity index is -0.000000193. The quantitative estimate of drug-likeness (QED) is 0.141. The van der Waals surface area contributed by atoms with Crippen LogP contribution in [-0.2, 0) is 42.1 Å². The van der Waals surface area contributed by atoms with Crippen molar-refractivity contribution in [2.45, 2.75) is 0 Å². The van der Waals surface area contributed by atoms with E-state index in [1.54, 1.807) is 11.8 Å². The molecule has 0 N–H and O–H groups in total. The Morgan fingerprint density at radius 3 is 0.475 bits per heavy atom. The molecule has 224 valence electrons. The van der Waals surface area contributed by atoms with Crippen LogP contribution in [0.2, 0.25) is 0 Å². The third-order valence-electron chi connectivity index (χ3n) is 3.84. The van der Waals surface area contributed by atoms with Gasteiger partial charge >= 0.3 is 42.1 Å². The van der Waals surface area contributed by atoms with Gasteiger partial charge in [0, 0.05) is 85.0 Å². The van der Waals surface area contributed by atoms with Gasteiger partial charge in [0.15, 0.2) is 11.8 Å². The molecule has 6 heteroatoms. The van der Waals surface area contributed by atoms with Gasteiger partial charge in [0.05, 0.1) is 0 Å². The van der Waals surface area contributed by atoms with Gasteiger partial charge in [0.25, 0.3) is 0 Å². The molecule has 40 heavy (non-hydrogen) atoms. The summed E-state index contributed by atoms with van der Waals surface area (Å²) in [6.07, 6.45) is 0. The molecule has 0 saturated carbocycles. The van der Waals surface area contributed by atoms with Crippen molar-refractivity contribution >= 4 is 31.7 Å². The number of rotatable bonds is 4. The molecule has 0 spiro atoms. The van der Waals surface area contributed by atoms with E-state index in [2.05, 4.69) is 77.6 Å².